The van der Waals surface area contributed by atoms with Crippen LogP contribution in [0.5, 0.6) is 0 Å². The van der Waals surface area contributed by atoms with Crippen molar-refractivity contribution in [1.82, 2.24) is 0 Å². The molecule has 2 aromatic rings. The Morgan fingerprint density at radius 3 is 2.30 bits per heavy atom. The lowest BCUT2D eigenvalue weighted by Crippen LogP contribution is -2.29. The van der Waals surface area contributed by atoms with Gasteiger partial charge in [0.15, 0.2) is 5.78 Å². The number of ketones is 1. The molecule has 23 heavy (non-hydrogen) atoms. The number of Topliss-reactive ketones (excluding diaryl/α,β-unsaturated/α-hetero) is 1. The molecule has 0 aliphatic rings. The smallest absolute Gasteiger partial charge is 0.314 e. The highest BCUT2D eigenvalue weighted by Gasteiger charge is 2.15. The molecule has 2 rings (SSSR count). The molecule has 6 heteroatoms. The van der Waals surface area contributed by atoms with Gasteiger partial charge in [0.25, 0.3) is 0 Å². The lowest BCUT2D eigenvalue weighted by Gasteiger charge is -2.09. The Hall–Kier alpha value is -2.22. The molecule has 118 valence electrons. The Balaban J connectivity index is 2.07. The van der Waals surface area contributed by atoms with E-state index in [1.807, 2.05) is 19.1 Å². The monoisotopic (exact) mass is 422 g/mol. The second-order valence-electron chi connectivity index (χ2n) is 5.00. The van der Waals surface area contributed by atoms with Gasteiger partial charge in [0.1, 0.15) is 0 Å². The van der Waals surface area contributed by atoms with Gasteiger partial charge < -0.3 is 10.6 Å². The number of carbonyl (C=O) groups is 3. The van der Waals surface area contributed by atoms with Crippen LogP contribution >= 0.6 is 22.6 Å². The zero-order valence-corrected chi connectivity index (χ0v) is 14.8. The molecule has 0 aliphatic carbocycles. The molecular formula is C17H15IN2O3. The molecule has 0 heterocycles. The van der Waals surface area contributed by atoms with Crippen molar-refractivity contribution < 1.29 is 14.4 Å². The van der Waals surface area contributed by atoms with Crippen molar-refractivity contribution in [2.24, 2.45) is 0 Å². The number of rotatable bonds is 3. The van der Waals surface area contributed by atoms with Crippen LogP contribution in [0.2, 0.25) is 0 Å². The van der Waals surface area contributed by atoms with Gasteiger partial charge in [-0.3, -0.25) is 14.4 Å². The van der Waals surface area contributed by atoms with E-state index in [1.54, 1.807) is 24.3 Å². The molecule has 2 amide bonds. The summed E-state index contributed by atoms with van der Waals surface area (Å²) in [5.41, 5.74) is 2.33. The first-order valence-electron chi connectivity index (χ1n) is 6.86. The summed E-state index contributed by atoms with van der Waals surface area (Å²) in [5, 5.41) is 5.06. The first-order chi connectivity index (χ1) is 10.9. The van der Waals surface area contributed by atoms with Crippen molar-refractivity contribution in [3.8, 4) is 0 Å². The van der Waals surface area contributed by atoms with Crippen LogP contribution in [0.15, 0.2) is 42.5 Å². The predicted octanol–water partition coefficient (Wildman–Crippen LogP) is 3.38. The summed E-state index contributed by atoms with van der Waals surface area (Å²) < 4.78 is 1.04. The Labute approximate surface area is 147 Å². The fourth-order valence-corrected chi connectivity index (χ4v) is 2.60. The number of halogens is 1. The molecule has 0 fully saturated rings. The fraction of sp³-hybridized carbons (Fsp3) is 0.118. The molecule has 0 saturated heterocycles. The second-order valence-corrected chi connectivity index (χ2v) is 6.25. The third-order valence-electron chi connectivity index (χ3n) is 3.17. The maximum atomic E-state index is 12.0. The number of hydrogen-bond acceptors (Lipinski definition) is 3. The lowest BCUT2D eigenvalue weighted by molar-refractivity contribution is -0.133. The number of nitrogens with one attached hydrogen (secondary N) is 2. The average Bonchev–Trinajstić information content (AvgIpc) is 2.50. The zero-order chi connectivity index (χ0) is 17.0. The van der Waals surface area contributed by atoms with Crippen molar-refractivity contribution >= 4 is 51.6 Å². The third kappa shape index (κ3) is 4.62. The van der Waals surface area contributed by atoms with E-state index in [0.717, 1.165) is 9.13 Å². The quantitative estimate of drug-likeness (QED) is 0.453. The molecule has 0 spiro atoms. The van der Waals surface area contributed by atoms with Gasteiger partial charge in [0.05, 0.1) is 0 Å². The van der Waals surface area contributed by atoms with Crippen molar-refractivity contribution in [3.63, 3.8) is 0 Å². The van der Waals surface area contributed by atoms with Gasteiger partial charge in [0.2, 0.25) is 0 Å². The molecule has 2 aromatic carbocycles. The SMILES string of the molecule is CC(=O)c1cccc(NC(=O)C(=O)Nc2ccc(I)cc2C)c1. The molecular weight excluding hydrogens is 407 g/mol. The van der Waals surface area contributed by atoms with Gasteiger partial charge in [-0.25, -0.2) is 0 Å². The number of amides is 2. The standard InChI is InChI=1S/C17H15IN2O3/c1-10-8-13(18)6-7-15(10)20-17(23)16(22)19-14-5-3-4-12(9-14)11(2)21/h3-9H,1-2H3,(H,19,22)(H,20,23). The van der Waals surface area contributed by atoms with Crippen LogP contribution in [0.1, 0.15) is 22.8 Å². The summed E-state index contributed by atoms with van der Waals surface area (Å²) in [6, 6.07) is 11.9. The number of benzene rings is 2. The summed E-state index contributed by atoms with van der Waals surface area (Å²) in [7, 11) is 0. The normalized spacial score (nSPS) is 10.0. The third-order valence-corrected chi connectivity index (χ3v) is 3.84. The van der Waals surface area contributed by atoms with E-state index in [2.05, 4.69) is 33.2 Å². The minimum atomic E-state index is -0.788. The largest absolute Gasteiger partial charge is 0.318 e. The second kappa shape index (κ2) is 7.36. The van der Waals surface area contributed by atoms with Crippen LogP contribution < -0.4 is 10.6 Å². The maximum absolute atomic E-state index is 12.0. The molecule has 0 unspecified atom stereocenters. The van der Waals surface area contributed by atoms with Crippen LogP contribution in [0.25, 0.3) is 0 Å². The summed E-state index contributed by atoms with van der Waals surface area (Å²) in [6.45, 7) is 3.29. The number of hydrogen-bond donors (Lipinski definition) is 2. The highest BCUT2D eigenvalue weighted by molar-refractivity contribution is 14.1. The Bertz CT molecular complexity index is 787. The molecule has 0 aromatic heterocycles. The number of aryl methyl sites for hydroxylation is 1. The van der Waals surface area contributed by atoms with Crippen LogP contribution in [0.3, 0.4) is 0 Å². The van der Waals surface area contributed by atoms with Gasteiger partial charge in [-0.2, -0.15) is 0 Å². The summed E-state index contributed by atoms with van der Waals surface area (Å²) in [6.07, 6.45) is 0. The van der Waals surface area contributed by atoms with E-state index < -0.39 is 11.8 Å². The van der Waals surface area contributed by atoms with Crippen LogP contribution in [-0.4, -0.2) is 17.6 Å². The molecule has 0 radical (unpaired) electrons. The first-order valence-corrected chi connectivity index (χ1v) is 7.94. The molecule has 0 saturated carbocycles. The van der Waals surface area contributed by atoms with E-state index in [-0.39, 0.29) is 5.78 Å². The van der Waals surface area contributed by atoms with E-state index in [9.17, 15) is 14.4 Å². The van der Waals surface area contributed by atoms with Crippen LogP contribution in [0.4, 0.5) is 11.4 Å². The first kappa shape index (κ1) is 17.1. The molecule has 0 bridgehead atoms. The molecule has 0 atom stereocenters. The van der Waals surface area contributed by atoms with Crippen LogP contribution in [0, 0.1) is 10.5 Å². The van der Waals surface area contributed by atoms with Gasteiger partial charge >= 0.3 is 11.8 Å². The van der Waals surface area contributed by atoms with E-state index in [4.69, 9.17) is 0 Å². The Kier molecular flexibility index (Phi) is 5.49. The topological polar surface area (TPSA) is 75.3 Å². The minimum Gasteiger partial charge on any atom is -0.318 e. The summed E-state index contributed by atoms with van der Waals surface area (Å²) in [4.78, 5) is 35.3. The van der Waals surface area contributed by atoms with Crippen LogP contribution in [-0.2, 0) is 9.59 Å². The Morgan fingerprint density at radius 2 is 1.65 bits per heavy atom. The van der Waals surface area contributed by atoms with Crippen molar-refractivity contribution in [1.29, 1.82) is 0 Å². The van der Waals surface area contributed by atoms with E-state index in [1.165, 1.54) is 13.0 Å². The molecule has 5 nitrogen and oxygen atoms in total. The zero-order valence-electron chi connectivity index (χ0n) is 12.6. The van der Waals surface area contributed by atoms with Gasteiger partial charge in [-0.1, -0.05) is 12.1 Å². The Morgan fingerprint density at radius 1 is 0.957 bits per heavy atom. The average molecular weight is 422 g/mol. The van der Waals surface area contributed by atoms with E-state index in [0.29, 0.717) is 16.9 Å². The molecule has 0 aliphatic heterocycles. The molecule has 2 N–H and O–H groups in total. The predicted molar refractivity (Wildman–Crippen MR) is 97.6 cm³/mol. The summed E-state index contributed by atoms with van der Waals surface area (Å²) >= 11 is 2.17. The maximum Gasteiger partial charge on any atom is 0.314 e. The fourth-order valence-electron chi connectivity index (χ4n) is 1.95. The van der Waals surface area contributed by atoms with Gasteiger partial charge in [0, 0.05) is 20.5 Å². The highest BCUT2D eigenvalue weighted by Crippen LogP contribution is 2.18. The van der Waals surface area contributed by atoms with Crippen molar-refractivity contribution in [2.75, 3.05) is 10.6 Å². The van der Waals surface area contributed by atoms with E-state index >= 15 is 0 Å². The van der Waals surface area contributed by atoms with Gasteiger partial charge in [-0.15, -0.1) is 0 Å². The number of carbonyl (C=O) groups excluding carboxylic acids is 3. The van der Waals surface area contributed by atoms with Crippen molar-refractivity contribution in [2.45, 2.75) is 13.8 Å². The lowest BCUT2D eigenvalue weighted by atomic mass is 10.1. The minimum absolute atomic E-state index is 0.111. The highest BCUT2D eigenvalue weighted by atomic mass is 127. The van der Waals surface area contributed by atoms with Crippen molar-refractivity contribution in [3.05, 3.63) is 57.2 Å². The summed E-state index contributed by atoms with van der Waals surface area (Å²) in [5.74, 6) is -1.66. The number of anilines is 2. The van der Waals surface area contributed by atoms with Gasteiger partial charge in [-0.05, 0) is 72.3 Å².